The van der Waals surface area contributed by atoms with Gasteiger partial charge in [0, 0.05) is 24.2 Å². The fourth-order valence-electron chi connectivity index (χ4n) is 3.54. The van der Waals surface area contributed by atoms with Crippen LogP contribution in [0.1, 0.15) is 63.4 Å². The molecule has 1 aromatic carbocycles. The average Bonchev–Trinajstić information content (AvgIpc) is 2.74. The number of benzene rings is 1. The molecule has 0 radical (unpaired) electrons. The lowest BCUT2D eigenvalue weighted by Gasteiger charge is -2.35. The number of likely N-dealkylation sites (tertiary alicyclic amines) is 1. The summed E-state index contributed by atoms with van der Waals surface area (Å²) < 4.78 is 10.9. The first kappa shape index (κ1) is 26.3. The third-order valence-electron chi connectivity index (χ3n) is 5.29. The number of nitrogens with zero attached hydrogens (tertiary/aromatic N) is 1. The SMILES string of the molecule is CC(C)[C@H](NC(=O)c1ccc(C(=N)N)cc1)C(=O)N1CCC(OCC(=O)OC(C)(C)C)CC1. The number of ether oxygens (including phenoxy) is 2. The van der Waals surface area contributed by atoms with Crippen molar-refractivity contribution in [1.29, 1.82) is 5.41 Å². The monoisotopic (exact) mass is 460 g/mol. The third-order valence-corrected chi connectivity index (χ3v) is 5.29. The van der Waals surface area contributed by atoms with E-state index in [1.165, 1.54) is 0 Å². The Labute approximate surface area is 195 Å². The summed E-state index contributed by atoms with van der Waals surface area (Å²) in [5, 5.41) is 10.3. The van der Waals surface area contributed by atoms with Gasteiger partial charge in [-0.1, -0.05) is 26.0 Å². The fraction of sp³-hybridized carbons (Fsp3) is 0.583. The van der Waals surface area contributed by atoms with E-state index in [1.54, 1.807) is 49.9 Å². The van der Waals surface area contributed by atoms with Crippen LogP contribution in [-0.4, -0.2) is 66.0 Å². The van der Waals surface area contributed by atoms with Gasteiger partial charge in [-0.2, -0.15) is 0 Å². The van der Waals surface area contributed by atoms with Gasteiger partial charge >= 0.3 is 5.97 Å². The molecule has 2 rings (SSSR count). The first-order valence-corrected chi connectivity index (χ1v) is 11.2. The van der Waals surface area contributed by atoms with E-state index in [9.17, 15) is 14.4 Å². The minimum Gasteiger partial charge on any atom is -0.458 e. The summed E-state index contributed by atoms with van der Waals surface area (Å²) in [5.41, 5.74) is 5.82. The Bertz CT molecular complexity index is 853. The second kappa shape index (κ2) is 11.3. The fourth-order valence-corrected chi connectivity index (χ4v) is 3.54. The number of esters is 1. The quantitative estimate of drug-likeness (QED) is 0.309. The van der Waals surface area contributed by atoms with E-state index in [4.69, 9.17) is 20.6 Å². The van der Waals surface area contributed by atoms with Crippen LogP contribution >= 0.6 is 0 Å². The molecular weight excluding hydrogens is 424 g/mol. The lowest BCUT2D eigenvalue weighted by Crippen LogP contribution is -2.53. The molecule has 1 heterocycles. The third kappa shape index (κ3) is 8.16. The molecule has 0 aromatic heterocycles. The Kier molecular flexibility index (Phi) is 8.99. The highest BCUT2D eigenvalue weighted by Crippen LogP contribution is 2.18. The zero-order valence-corrected chi connectivity index (χ0v) is 20.1. The molecule has 0 saturated carbocycles. The normalized spacial score (nSPS) is 15.8. The molecule has 9 heteroatoms. The summed E-state index contributed by atoms with van der Waals surface area (Å²) in [5.74, 6) is -1.06. The number of hydrogen-bond donors (Lipinski definition) is 3. The Balaban J connectivity index is 1.89. The minimum atomic E-state index is -0.663. The standard InChI is InChI=1S/C24H36N4O5/c1-15(2)20(27-22(30)17-8-6-16(7-9-17)21(25)26)23(31)28-12-10-18(11-13-28)32-14-19(29)33-24(3,4)5/h6-9,15,18,20H,10-14H2,1-5H3,(H3,25,26)(H,27,30)/t20-/m0/s1. The smallest absolute Gasteiger partial charge is 0.332 e. The first-order chi connectivity index (χ1) is 15.4. The van der Waals surface area contributed by atoms with Crippen LogP contribution in [-0.2, 0) is 19.1 Å². The number of piperidine rings is 1. The summed E-state index contributed by atoms with van der Waals surface area (Å²) in [4.78, 5) is 39.4. The number of hydrogen-bond acceptors (Lipinski definition) is 6. The first-order valence-electron chi connectivity index (χ1n) is 11.2. The summed E-state index contributed by atoms with van der Waals surface area (Å²) in [7, 11) is 0. The molecular formula is C24H36N4O5. The van der Waals surface area contributed by atoms with Crippen molar-refractivity contribution < 1.29 is 23.9 Å². The molecule has 0 bridgehead atoms. The van der Waals surface area contributed by atoms with Gasteiger partial charge in [-0.25, -0.2) is 4.79 Å². The second-order valence-corrected chi connectivity index (χ2v) is 9.61. The molecule has 0 aliphatic carbocycles. The number of rotatable bonds is 8. The van der Waals surface area contributed by atoms with Crippen LogP contribution in [0.5, 0.6) is 0 Å². The van der Waals surface area contributed by atoms with Crippen LogP contribution in [0, 0.1) is 11.3 Å². The lowest BCUT2D eigenvalue weighted by atomic mass is 9.99. The number of nitrogens with two attached hydrogens (primary N) is 1. The van der Waals surface area contributed by atoms with Crippen molar-refractivity contribution in [1.82, 2.24) is 10.2 Å². The number of amidine groups is 1. The van der Waals surface area contributed by atoms with Crippen molar-refractivity contribution in [3.05, 3.63) is 35.4 Å². The van der Waals surface area contributed by atoms with Gasteiger partial charge in [0.1, 0.15) is 24.1 Å². The number of nitrogens with one attached hydrogen (secondary N) is 2. The van der Waals surface area contributed by atoms with Crippen LogP contribution < -0.4 is 11.1 Å². The van der Waals surface area contributed by atoms with E-state index < -0.39 is 17.6 Å². The van der Waals surface area contributed by atoms with Crippen LogP contribution in [0.25, 0.3) is 0 Å². The molecule has 1 aliphatic rings. The van der Waals surface area contributed by atoms with Gasteiger partial charge in [0.25, 0.3) is 5.91 Å². The molecule has 1 aliphatic heterocycles. The molecule has 1 atom stereocenters. The van der Waals surface area contributed by atoms with E-state index in [2.05, 4.69) is 5.32 Å². The van der Waals surface area contributed by atoms with Crippen molar-refractivity contribution in [3.63, 3.8) is 0 Å². The van der Waals surface area contributed by atoms with E-state index in [0.717, 1.165) is 0 Å². The van der Waals surface area contributed by atoms with E-state index in [-0.39, 0.29) is 36.3 Å². The Morgan fingerprint density at radius 2 is 1.67 bits per heavy atom. The van der Waals surface area contributed by atoms with Gasteiger partial charge in [-0.15, -0.1) is 0 Å². The van der Waals surface area contributed by atoms with E-state index >= 15 is 0 Å². The van der Waals surface area contributed by atoms with Gasteiger partial charge < -0.3 is 25.4 Å². The Morgan fingerprint density at radius 1 is 1.12 bits per heavy atom. The van der Waals surface area contributed by atoms with Crippen LogP contribution in [0.4, 0.5) is 0 Å². The molecule has 182 valence electrons. The predicted molar refractivity (Wildman–Crippen MR) is 125 cm³/mol. The van der Waals surface area contributed by atoms with Gasteiger partial charge in [-0.3, -0.25) is 15.0 Å². The minimum absolute atomic E-state index is 0.0735. The molecule has 9 nitrogen and oxygen atoms in total. The predicted octanol–water partition coefficient (Wildman–Crippen LogP) is 2.07. The molecule has 0 spiro atoms. The molecule has 1 fully saturated rings. The second-order valence-electron chi connectivity index (χ2n) is 9.61. The van der Waals surface area contributed by atoms with Crippen LogP contribution in [0.3, 0.4) is 0 Å². The maximum atomic E-state index is 13.1. The molecule has 1 aromatic rings. The molecule has 2 amide bonds. The van der Waals surface area contributed by atoms with E-state index in [0.29, 0.717) is 37.1 Å². The number of carbonyl (C=O) groups is 3. The highest BCUT2D eigenvalue weighted by atomic mass is 16.6. The lowest BCUT2D eigenvalue weighted by molar-refractivity contribution is -0.163. The van der Waals surface area contributed by atoms with Crippen molar-refractivity contribution >= 4 is 23.6 Å². The highest BCUT2D eigenvalue weighted by molar-refractivity contribution is 5.99. The largest absolute Gasteiger partial charge is 0.458 e. The topological polar surface area (TPSA) is 135 Å². The summed E-state index contributed by atoms with van der Waals surface area (Å²) in [6, 6.07) is 5.71. The Hall–Kier alpha value is -2.94. The maximum absolute atomic E-state index is 13.1. The van der Waals surface area contributed by atoms with Gasteiger partial charge in [0.2, 0.25) is 5.91 Å². The van der Waals surface area contributed by atoms with Crippen LogP contribution in [0.2, 0.25) is 0 Å². The van der Waals surface area contributed by atoms with Crippen molar-refractivity contribution in [2.24, 2.45) is 11.7 Å². The summed E-state index contributed by atoms with van der Waals surface area (Å²) in [6.07, 6.45) is 1.10. The van der Waals surface area contributed by atoms with Gasteiger partial charge in [0.15, 0.2) is 0 Å². The zero-order valence-electron chi connectivity index (χ0n) is 20.1. The van der Waals surface area contributed by atoms with Crippen molar-refractivity contribution in [2.75, 3.05) is 19.7 Å². The number of amides is 2. The molecule has 33 heavy (non-hydrogen) atoms. The van der Waals surface area contributed by atoms with Gasteiger partial charge in [-0.05, 0) is 51.7 Å². The molecule has 4 N–H and O–H groups in total. The van der Waals surface area contributed by atoms with Crippen molar-refractivity contribution in [3.8, 4) is 0 Å². The van der Waals surface area contributed by atoms with Crippen molar-refractivity contribution in [2.45, 2.75) is 65.2 Å². The highest BCUT2D eigenvalue weighted by Gasteiger charge is 2.32. The van der Waals surface area contributed by atoms with Gasteiger partial charge in [0.05, 0.1) is 6.10 Å². The van der Waals surface area contributed by atoms with E-state index in [1.807, 2.05) is 13.8 Å². The molecule has 1 saturated heterocycles. The summed E-state index contributed by atoms with van der Waals surface area (Å²) >= 11 is 0. The molecule has 0 unspecified atom stereocenters. The van der Waals surface area contributed by atoms with Crippen LogP contribution in [0.15, 0.2) is 24.3 Å². The number of nitrogen functional groups attached to an aromatic ring is 1. The Morgan fingerprint density at radius 3 is 2.15 bits per heavy atom. The zero-order chi connectivity index (χ0) is 24.8. The average molecular weight is 461 g/mol. The maximum Gasteiger partial charge on any atom is 0.332 e. The summed E-state index contributed by atoms with van der Waals surface area (Å²) in [6.45, 7) is 10.1. The number of carbonyl (C=O) groups excluding carboxylic acids is 3.